The third-order valence-electron chi connectivity index (χ3n) is 5.86. The van der Waals surface area contributed by atoms with Crippen molar-refractivity contribution in [3.63, 3.8) is 0 Å². The molecule has 7 heteroatoms. The molecule has 1 aliphatic carbocycles. The third kappa shape index (κ3) is 4.18. The molecule has 6 nitrogen and oxygen atoms in total. The molecule has 1 aromatic heterocycles. The maximum absolute atomic E-state index is 12.8. The van der Waals surface area contributed by atoms with E-state index in [4.69, 9.17) is 0 Å². The molecule has 0 unspecified atom stereocenters. The van der Waals surface area contributed by atoms with Crippen molar-refractivity contribution in [2.24, 2.45) is 11.8 Å². The molecule has 0 N–H and O–H groups in total. The van der Waals surface area contributed by atoms with Crippen LogP contribution in [0.4, 0.5) is 0 Å². The highest BCUT2D eigenvalue weighted by Gasteiger charge is 2.32. The summed E-state index contributed by atoms with van der Waals surface area (Å²) in [4.78, 5) is 14.8. The van der Waals surface area contributed by atoms with Gasteiger partial charge in [-0.15, -0.1) is 5.10 Å². The van der Waals surface area contributed by atoms with E-state index in [-0.39, 0.29) is 5.91 Å². The second-order valence-electron chi connectivity index (χ2n) is 7.94. The average molecular weight is 386 g/mol. The number of nitrogens with zero attached hydrogens (tertiary/aromatic N) is 5. The summed E-state index contributed by atoms with van der Waals surface area (Å²) in [6.07, 6.45) is 6.49. The smallest absolute Gasteiger partial charge is 0.233 e. The summed E-state index contributed by atoms with van der Waals surface area (Å²) in [5.41, 5.74) is 3.28. The van der Waals surface area contributed by atoms with Crippen LogP contribution in [-0.2, 0) is 4.79 Å². The molecule has 0 radical (unpaired) electrons. The number of thioether (sulfide) groups is 1. The van der Waals surface area contributed by atoms with E-state index in [9.17, 15) is 4.79 Å². The predicted octanol–water partition coefficient (Wildman–Crippen LogP) is 3.41. The number of tetrazole rings is 1. The fourth-order valence-corrected chi connectivity index (χ4v) is 5.34. The molecule has 1 saturated carbocycles. The molecule has 144 valence electrons. The van der Waals surface area contributed by atoms with Gasteiger partial charge in [-0.1, -0.05) is 37.1 Å². The lowest BCUT2D eigenvalue weighted by molar-refractivity contribution is -0.131. The number of fused-ring (bicyclic) bond motifs is 1. The normalized spacial score (nSPS) is 22.5. The minimum atomic E-state index is 0.207. The Bertz CT molecular complexity index is 800. The molecule has 2 heterocycles. The molecule has 1 aromatic carbocycles. The monoisotopic (exact) mass is 385 g/mol. The van der Waals surface area contributed by atoms with E-state index in [1.54, 1.807) is 4.68 Å². The van der Waals surface area contributed by atoms with Crippen LogP contribution in [0.2, 0.25) is 0 Å². The Kier molecular flexibility index (Phi) is 5.48. The van der Waals surface area contributed by atoms with Crippen LogP contribution in [0, 0.1) is 25.7 Å². The second kappa shape index (κ2) is 8.00. The Hall–Kier alpha value is -1.89. The topological polar surface area (TPSA) is 63.9 Å². The van der Waals surface area contributed by atoms with E-state index in [0.717, 1.165) is 24.7 Å². The van der Waals surface area contributed by atoms with Crippen LogP contribution < -0.4 is 0 Å². The maximum atomic E-state index is 12.8. The third-order valence-corrected chi connectivity index (χ3v) is 6.76. The average Bonchev–Trinajstić information content (AvgIpc) is 3.13. The minimum absolute atomic E-state index is 0.207. The lowest BCUT2D eigenvalue weighted by Crippen LogP contribution is -2.45. The van der Waals surface area contributed by atoms with Crippen LogP contribution >= 0.6 is 11.8 Å². The van der Waals surface area contributed by atoms with Crippen LogP contribution in [0.1, 0.15) is 43.2 Å². The Morgan fingerprint density at radius 1 is 1.11 bits per heavy atom. The van der Waals surface area contributed by atoms with Gasteiger partial charge in [-0.05, 0) is 72.2 Å². The molecule has 2 aliphatic rings. The standard InChI is InChI=1S/C20H27N5OS/c1-14-9-15(2)11-18(10-14)25-20(21-22-23-25)27-13-19(26)24-8-7-16-5-3-4-6-17(16)12-24/h9-11,16-17H,3-8,12-13H2,1-2H3/t16-,17+/m0/s1. The Labute approximate surface area is 164 Å². The summed E-state index contributed by atoms with van der Waals surface area (Å²) in [6.45, 7) is 5.97. The van der Waals surface area contributed by atoms with Crippen molar-refractivity contribution >= 4 is 17.7 Å². The fourth-order valence-electron chi connectivity index (χ4n) is 4.55. The van der Waals surface area contributed by atoms with E-state index in [1.165, 1.54) is 55.0 Å². The summed E-state index contributed by atoms with van der Waals surface area (Å²) >= 11 is 1.43. The Morgan fingerprint density at radius 2 is 1.85 bits per heavy atom. The zero-order valence-electron chi connectivity index (χ0n) is 16.1. The Balaban J connectivity index is 1.39. The summed E-state index contributed by atoms with van der Waals surface area (Å²) in [5, 5.41) is 12.7. The van der Waals surface area contributed by atoms with Gasteiger partial charge in [-0.25, -0.2) is 0 Å². The highest BCUT2D eigenvalue weighted by Crippen LogP contribution is 2.36. The van der Waals surface area contributed by atoms with E-state index in [0.29, 0.717) is 16.8 Å². The zero-order valence-corrected chi connectivity index (χ0v) is 16.9. The van der Waals surface area contributed by atoms with Crippen LogP contribution in [0.25, 0.3) is 5.69 Å². The molecule has 2 fully saturated rings. The number of aryl methyl sites for hydroxylation is 2. The number of hydrogen-bond acceptors (Lipinski definition) is 5. The lowest BCUT2D eigenvalue weighted by Gasteiger charge is -2.41. The maximum Gasteiger partial charge on any atom is 0.233 e. The molecule has 27 heavy (non-hydrogen) atoms. The van der Waals surface area contributed by atoms with Gasteiger partial charge in [0.1, 0.15) is 0 Å². The molecule has 4 rings (SSSR count). The molecule has 0 bridgehead atoms. The first-order valence-electron chi connectivity index (χ1n) is 9.88. The van der Waals surface area contributed by atoms with Crippen LogP contribution in [0.5, 0.6) is 0 Å². The molecule has 1 amide bonds. The molecule has 1 aliphatic heterocycles. The van der Waals surface area contributed by atoms with Crippen molar-refractivity contribution in [3.05, 3.63) is 29.3 Å². The largest absolute Gasteiger partial charge is 0.342 e. The van der Waals surface area contributed by atoms with Gasteiger partial charge in [0, 0.05) is 13.1 Å². The molecular weight excluding hydrogens is 358 g/mol. The van der Waals surface area contributed by atoms with E-state index in [2.05, 4.69) is 52.5 Å². The van der Waals surface area contributed by atoms with Gasteiger partial charge < -0.3 is 4.90 Å². The Morgan fingerprint density at radius 3 is 2.63 bits per heavy atom. The molecule has 0 spiro atoms. The highest BCUT2D eigenvalue weighted by atomic mass is 32.2. The second-order valence-corrected chi connectivity index (χ2v) is 8.88. The number of carbonyl (C=O) groups is 1. The summed E-state index contributed by atoms with van der Waals surface area (Å²) in [5.74, 6) is 2.15. The van der Waals surface area contributed by atoms with Gasteiger partial charge in [0.2, 0.25) is 11.1 Å². The number of hydrogen-bond donors (Lipinski definition) is 0. The van der Waals surface area contributed by atoms with Crippen molar-refractivity contribution in [3.8, 4) is 5.69 Å². The number of amides is 1. The van der Waals surface area contributed by atoms with Crippen molar-refractivity contribution < 1.29 is 4.79 Å². The predicted molar refractivity (Wildman–Crippen MR) is 106 cm³/mol. The first-order chi connectivity index (χ1) is 13.1. The van der Waals surface area contributed by atoms with E-state index >= 15 is 0 Å². The van der Waals surface area contributed by atoms with Crippen molar-refractivity contribution in [2.45, 2.75) is 51.1 Å². The summed E-state index contributed by atoms with van der Waals surface area (Å²) < 4.78 is 1.73. The summed E-state index contributed by atoms with van der Waals surface area (Å²) in [7, 11) is 0. The first-order valence-corrected chi connectivity index (χ1v) is 10.9. The number of benzene rings is 1. The van der Waals surface area contributed by atoms with Gasteiger partial charge in [0.25, 0.3) is 0 Å². The molecular formula is C20H27N5OS. The minimum Gasteiger partial charge on any atom is -0.342 e. The number of rotatable bonds is 4. The van der Waals surface area contributed by atoms with Crippen molar-refractivity contribution in [1.29, 1.82) is 0 Å². The summed E-state index contributed by atoms with van der Waals surface area (Å²) in [6, 6.07) is 6.24. The van der Waals surface area contributed by atoms with Gasteiger partial charge in [-0.2, -0.15) is 4.68 Å². The van der Waals surface area contributed by atoms with Crippen molar-refractivity contribution in [1.82, 2.24) is 25.1 Å². The molecule has 2 aromatic rings. The molecule has 2 atom stereocenters. The zero-order chi connectivity index (χ0) is 18.8. The lowest BCUT2D eigenvalue weighted by atomic mass is 9.75. The number of carbonyl (C=O) groups excluding carboxylic acids is 1. The fraction of sp³-hybridized carbons (Fsp3) is 0.600. The van der Waals surface area contributed by atoms with Crippen molar-refractivity contribution in [2.75, 3.05) is 18.8 Å². The number of piperidine rings is 1. The molecule has 1 saturated heterocycles. The van der Waals surface area contributed by atoms with Gasteiger partial charge in [0.15, 0.2) is 0 Å². The van der Waals surface area contributed by atoms with Gasteiger partial charge in [-0.3, -0.25) is 4.79 Å². The quantitative estimate of drug-likeness (QED) is 0.755. The van der Waals surface area contributed by atoms with Crippen LogP contribution in [0.15, 0.2) is 23.4 Å². The van der Waals surface area contributed by atoms with Crippen LogP contribution in [-0.4, -0.2) is 49.9 Å². The van der Waals surface area contributed by atoms with Crippen LogP contribution in [0.3, 0.4) is 0 Å². The van der Waals surface area contributed by atoms with Gasteiger partial charge in [0.05, 0.1) is 11.4 Å². The van der Waals surface area contributed by atoms with E-state index < -0.39 is 0 Å². The van der Waals surface area contributed by atoms with E-state index in [1.807, 2.05) is 0 Å². The van der Waals surface area contributed by atoms with Gasteiger partial charge >= 0.3 is 0 Å². The highest BCUT2D eigenvalue weighted by molar-refractivity contribution is 7.99. The number of likely N-dealkylation sites (tertiary alicyclic amines) is 1. The SMILES string of the molecule is Cc1cc(C)cc(-n2nnnc2SCC(=O)N2CC[C@@H]3CCCC[C@@H]3C2)c1. The first kappa shape index (κ1) is 18.5. The number of aromatic nitrogens is 4.